The van der Waals surface area contributed by atoms with E-state index in [4.69, 9.17) is 0 Å². The summed E-state index contributed by atoms with van der Waals surface area (Å²) in [6.45, 7) is 0.496. The monoisotopic (exact) mass is 291 g/mol. The lowest BCUT2D eigenvalue weighted by molar-refractivity contribution is -0.390. The Kier molecular flexibility index (Phi) is 3.88. The van der Waals surface area contributed by atoms with Crippen molar-refractivity contribution in [2.24, 2.45) is 0 Å². The molecule has 0 fully saturated rings. The second-order valence-electron chi connectivity index (χ2n) is 3.58. The molecular weight excluding hydrogens is 280 g/mol. The molecule has 2 rings (SSSR count). The van der Waals surface area contributed by atoms with E-state index in [0.29, 0.717) is 12.1 Å². The van der Waals surface area contributed by atoms with Gasteiger partial charge in [-0.2, -0.15) is 0 Å². The quantitative estimate of drug-likeness (QED) is 0.926. The molecular formula is C13H12BrN2O+. The van der Waals surface area contributed by atoms with E-state index < -0.39 is 0 Å². The van der Waals surface area contributed by atoms with Crippen LogP contribution in [0.4, 0.5) is 0 Å². The highest BCUT2D eigenvalue weighted by Gasteiger charge is 2.06. The van der Waals surface area contributed by atoms with Gasteiger partial charge in [-0.15, -0.1) is 0 Å². The van der Waals surface area contributed by atoms with Crippen molar-refractivity contribution in [2.45, 2.75) is 6.54 Å². The van der Waals surface area contributed by atoms with Crippen LogP contribution in [0.2, 0.25) is 0 Å². The minimum atomic E-state index is -0.0743. The standard InChI is InChI=1S/C13H11BrN2O/c14-11-6-4-10(5-7-11)13(17)16-9-12-3-1-2-8-15-12/h1-8H,9H2,(H,16,17)/p+1. The van der Waals surface area contributed by atoms with Crippen LogP contribution < -0.4 is 10.3 Å². The van der Waals surface area contributed by atoms with Crippen molar-refractivity contribution in [2.75, 3.05) is 0 Å². The van der Waals surface area contributed by atoms with Crippen molar-refractivity contribution >= 4 is 21.8 Å². The van der Waals surface area contributed by atoms with Gasteiger partial charge in [-0.05, 0) is 24.3 Å². The number of rotatable bonds is 3. The van der Waals surface area contributed by atoms with E-state index in [1.165, 1.54) is 0 Å². The van der Waals surface area contributed by atoms with E-state index in [9.17, 15) is 4.79 Å². The number of carbonyl (C=O) groups excluding carboxylic acids is 1. The molecule has 1 amide bonds. The van der Waals surface area contributed by atoms with E-state index in [1.54, 1.807) is 12.1 Å². The number of nitrogens with one attached hydrogen (secondary N) is 2. The van der Waals surface area contributed by atoms with E-state index in [-0.39, 0.29) is 5.91 Å². The summed E-state index contributed by atoms with van der Waals surface area (Å²) in [4.78, 5) is 14.9. The lowest BCUT2D eigenvalue weighted by Gasteiger charge is -2.02. The van der Waals surface area contributed by atoms with Gasteiger partial charge < -0.3 is 5.32 Å². The van der Waals surface area contributed by atoms with Gasteiger partial charge >= 0.3 is 0 Å². The molecule has 0 bridgehead atoms. The summed E-state index contributed by atoms with van der Waals surface area (Å²) >= 11 is 3.33. The Labute approximate surface area is 108 Å². The molecule has 1 aromatic heterocycles. The minimum Gasteiger partial charge on any atom is -0.342 e. The number of benzene rings is 1. The van der Waals surface area contributed by atoms with Crippen molar-refractivity contribution in [3.63, 3.8) is 0 Å². The maximum absolute atomic E-state index is 11.8. The van der Waals surface area contributed by atoms with Crippen LogP contribution >= 0.6 is 15.9 Å². The highest BCUT2D eigenvalue weighted by molar-refractivity contribution is 9.10. The van der Waals surface area contributed by atoms with E-state index in [2.05, 4.69) is 26.2 Å². The fourth-order valence-corrected chi connectivity index (χ4v) is 1.68. The third-order valence-corrected chi connectivity index (χ3v) is 2.85. The average Bonchev–Trinajstić information content (AvgIpc) is 2.38. The molecule has 0 radical (unpaired) electrons. The van der Waals surface area contributed by atoms with Crippen LogP contribution in [0.25, 0.3) is 0 Å². The third-order valence-electron chi connectivity index (χ3n) is 2.32. The predicted molar refractivity (Wildman–Crippen MR) is 68.3 cm³/mol. The van der Waals surface area contributed by atoms with Gasteiger partial charge in [0.2, 0.25) is 0 Å². The maximum atomic E-state index is 11.8. The fraction of sp³-hybridized carbons (Fsp3) is 0.0769. The number of amides is 1. The molecule has 2 aromatic rings. The molecule has 0 spiro atoms. The van der Waals surface area contributed by atoms with Crippen molar-refractivity contribution in [3.8, 4) is 0 Å². The largest absolute Gasteiger partial charge is 0.342 e. The average molecular weight is 292 g/mol. The molecule has 0 saturated carbocycles. The molecule has 1 heterocycles. The Morgan fingerprint density at radius 3 is 2.59 bits per heavy atom. The number of pyridine rings is 1. The summed E-state index contributed by atoms with van der Waals surface area (Å²) in [6, 6.07) is 13.0. The Hall–Kier alpha value is -1.68. The Balaban J connectivity index is 1.96. The van der Waals surface area contributed by atoms with Crippen molar-refractivity contribution in [1.29, 1.82) is 0 Å². The number of aromatic nitrogens is 1. The highest BCUT2D eigenvalue weighted by atomic mass is 79.9. The van der Waals surface area contributed by atoms with Crippen LogP contribution in [0.15, 0.2) is 53.1 Å². The molecule has 0 atom stereocenters. The van der Waals surface area contributed by atoms with Gasteiger partial charge in [0.05, 0.1) is 0 Å². The first-order chi connectivity index (χ1) is 8.25. The minimum absolute atomic E-state index is 0.0743. The summed E-state index contributed by atoms with van der Waals surface area (Å²) in [5.41, 5.74) is 1.63. The van der Waals surface area contributed by atoms with Gasteiger partial charge in [0.25, 0.3) is 5.91 Å². The third kappa shape index (κ3) is 3.39. The zero-order chi connectivity index (χ0) is 12.1. The zero-order valence-electron chi connectivity index (χ0n) is 9.11. The Morgan fingerprint density at radius 2 is 1.94 bits per heavy atom. The molecule has 1 aromatic carbocycles. The fourth-order valence-electron chi connectivity index (χ4n) is 1.42. The molecule has 2 N–H and O–H groups in total. The van der Waals surface area contributed by atoms with Crippen LogP contribution in [0.3, 0.4) is 0 Å². The highest BCUT2D eigenvalue weighted by Crippen LogP contribution is 2.10. The van der Waals surface area contributed by atoms with Gasteiger partial charge in [0, 0.05) is 22.2 Å². The summed E-state index contributed by atoms with van der Waals surface area (Å²) in [7, 11) is 0. The molecule has 86 valence electrons. The van der Waals surface area contributed by atoms with Gasteiger partial charge in [-0.3, -0.25) is 4.79 Å². The number of hydrogen-bond acceptors (Lipinski definition) is 1. The molecule has 17 heavy (non-hydrogen) atoms. The van der Waals surface area contributed by atoms with Crippen LogP contribution in [-0.4, -0.2) is 5.91 Å². The van der Waals surface area contributed by atoms with Crippen LogP contribution in [0.5, 0.6) is 0 Å². The molecule has 0 aliphatic carbocycles. The first kappa shape index (κ1) is 11.8. The van der Waals surface area contributed by atoms with Gasteiger partial charge in [-0.25, -0.2) is 4.98 Å². The van der Waals surface area contributed by atoms with E-state index in [1.807, 2.05) is 36.5 Å². The SMILES string of the molecule is O=C(NCc1cccc[nH+]1)c1ccc(Br)cc1. The van der Waals surface area contributed by atoms with Crippen molar-refractivity contribution in [1.82, 2.24) is 5.32 Å². The Bertz CT molecular complexity index is 497. The smallest absolute Gasteiger partial charge is 0.251 e. The van der Waals surface area contributed by atoms with E-state index in [0.717, 1.165) is 10.2 Å². The lowest BCUT2D eigenvalue weighted by Crippen LogP contribution is -2.26. The summed E-state index contributed by atoms with van der Waals surface area (Å²) < 4.78 is 0.963. The second-order valence-corrected chi connectivity index (χ2v) is 4.49. The molecule has 0 saturated heterocycles. The molecule has 0 aliphatic heterocycles. The van der Waals surface area contributed by atoms with Crippen molar-refractivity contribution < 1.29 is 9.78 Å². The van der Waals surface area contributed by atoms with Crippen LogP contribution in [-0.2, 0) is 6.54 Å². The second kappa shape index (κ2) is 5.59. The zero-order valence-corrected chi connectivity index (χ0v) is 10.7. The number of hydrogen-bond donors (Lipinski definition) is 1. The molecule has 0 unspecified atom stereocenters. The first-order valence-electron chi connectivity index (χ1n) is 5.25. The van der Waals surface area contributed by atoms with Crippen molar-refractivity contribution in [3.05, 3.63) is 64.4 Å². The number of halogens is 1. The van der Waals surface area contributed by atoms with Gasteiger partial charge in [-0.1, -0.05) is 22.0 Å². The Morgan fingerprint density at radius 1 is 1.18 bits per heavy atom. The lowest BCUT2D eigenvalue weighted by atomic mass is 10.2. The number of aromatic amines is 1. The number of H-pyrrole nitrogens is 1. The molecule has 3 nitrogen and oxygen atoms in total. The molecule has 0 aliphatic rings. The normalized spacial score (nSPS) is 9.94. The maximum Gasteiger partial charge on any atom is 0.251 e. The molecule has 4 heteroatoms. The van der Waals surface area contributed by atoms with Crippen LogP contribution in [0, 0.1) is 0 Å². The number of carbonyl (C=O) groups is 1. The summed E-state index contributed by atoms with van der Waals surface area (Å²) in [5, 5.41) is 2.85. The predicted octanol–water partition coefficient (Wildman–Crippen LogP) is 2.19. The topological polar surface area (TPSA) is 43.2 Å². The van der Waals surface area contributed by atoms with E-state index >= 15 is 0 Å². The summed E-state index contributed by atoms with van der Waals surface area (Å²) in [5.74, 6) is -0.0743. The summed E-state index contributed by atoms with van der Waals surface area (Å²) in [6.07, 6.45) is 1.83. The van der Waals surface area contributed by atoms with Gasteiger partial charge in [0.1, 0.15) is 6.54 Å². The van der Waals surface area contributed by atoms with Gasteiger partial charge in [0.15, 0.2) is 11.9 Å². The van der Waals surface area contributed by atoms with Crippen LogP contribution in [0.1, 0.15) is 16.1 Å². The first-order valence-corrected chi connectivity index (χ1v) is 6.04.